The fraction of sp³-hybridized carbons (Fsp3) is 0.512. The van der Waals surface area contributed by atoms with Gasteiger partial charge in [0.1, 0.15) is 31.2 Å². The Morgan fingerprint density at radius 2 is 1.33 bits per heavy atom. The second-order valence-electron chi connectivity index (χ2n) is 16.9. The molecular weight excluding hydrogens is 861 g/mol. The number of hydrogen-bond donors (Lipinski definition) is 3. The summed E-state index contributed by atoms with van der Waals surface area (Å²) in [4.78, 5) is 51.3. The first kappa shape index (κ1) is 45.9. The van der Waals surface area contributed by atoms with Crippen molar-refractivity contribution in [3.8, 4) is 11.8 Å². The summed E-state index contributed by atoms with van der Waals surface area (Å²) in [5.41, 5.74) is 7.79. The minimum atomic E-state index is -0.621. The Bertz CT molecular complexity index is 2380. The average molecular weight is 915 g/mol. The van der Waals surface area contributed by atoms with Crippen molar-refractivity contribution in [3.05, 3.63) is 59.9 Å². The molecular formula is C43H54N12O11. The fourth-order valence-electron chi connectivity index (χ4n) is 8.10. The number of esters is 2. The van der Waals surface area contributed by atoms with E-state index in [-0.39, 0.29) is 36.4 Å². The van der Waals surface area contributed by atoms with Gasteiger partial charge in [0.2, 0.25) is 11.8 Å². The number of anilines is 6. The Morgan fingerprint density at radius 3 is 1.91 bits per heavy atom. The normalized spacial score (nSPS) is 22.3. The third kappa shape index (κ3) is 10.9. The molecule has 23 nitrogen and oxygen atoms in total. The molecule has 0 radical (unpaired) electrons. The number of urea groups is 1. The lowest BCUT2D eigenvalue weighted by Gasteiger charge is -2.35. The van der Waals surface area contributed by atoms with Gasteiger partial charge in [-0.25, -0.2) is 24.4 Å². The number of nitrogen functional groups attached to an aromatic ring is 1. The highest BCUT2D eigenvalue weighted by Gasteiger charge is 2.41. The number of aromatic nitrogens is 6. The summed E-state index contributed by atoms with van der Waals surface area (Å²) in [6.45, 7) is 12.7. The molecule has 0 unspecified atom stereocenters. The SMILES string of the molecule is CC1(C)OC[C@@H](COc2ccc(N)nn2)O1.COC(=O)c1ccc2c(n1)N(C(=O)Nc1ccc(OC[C@@H]3COC(C)(C)O3)nn1)[C@H]1CCN2C1.COC(=O)c1ccc2c(n1)N[C@H]1CCN2C1. The van der Waals surface area contributed by atoms with Gasteiger partial charge in [-0.2, -0.15) is 0 Å². The topological polar surface area (TPSA) is 262 Å². The molecule has 10 rings (SSSR count). The zero-order valence-electron chi connectivity index (χ0n) is 37.6. The van der Waals surface area contributed by atoms with Crippen LogP contribution < -0.4 is 40.5 Å². The summed E-state index contributed by atoms with van der Waals surface area (Å²) < 4.78 is 42.7. The van der Waals surface area contributed by atoms with Gasteiger partial charge in [-0.15, -0.1) is 20.4 Å². The minimum absolute atomic E-state index is 0.0682. The van der Waals surface area contributed by atoms with E-state index in [4.69, 9.17) is 38.9 Å². The number of nitrogens with zero attached hydrogens (tertiary/aromatic N) is 9. The molecule has 4 N–H and O–H groups in total. The van der Waals surface area contributed by atoms with Crippen LogP contribution in [-0.4, -0.2) is 151 Å². The van der Waals surface area contributed by atoms with Crippen molar-refractivity contribution in [3.63, 3.8) is 0 Å². The molecule has 2 amide bonds. The molecule has 0 aromatic carbocycles. The van der Waals surface area contributed by atoms with E-state index in [0.717, 1.165) is 49.7 Å². The third-order valence-corrected chi connectivity index (χ3v) is 11.2. The van der Waals surface area contributed by atoms with Crippen LogP contribution in [0.5, 0.6) is 11.8 Å². The van der Waals surface area contributed by atoms with Crippen LogP contribution in [0.3, 0.4) is 0 Å². The van der Waals surface area contributed by atoms with E-state index in [2.05, 4.69) is 55.5 Å². The summed E-state index contributed by atoms with van der Waals surface area (Å²) >= 11 is 0. The number of fused-ring (bicyclic) bond motifs is 8. The maximum Gasteiger partial charge on any atom is 0.356 e. The highest BCUT2D eigenvalue weighted by atomic mass is 16.8. The lowest BCUT2D eigenvalue weighted by atomic mass is 10.2. The third-order valence-electron chi connectivity index (χ3n) is 11.2. The number of methoxy groups -OCH3 is 2. The zero-order valence-corrected chi connectivity index (χ0v) is 37.6. The van der Waals surface area contributed by atoms with E-state index >= 15 is 0 Å². The Labute approximate surface area is 380 Å². The van der Waals surface area contributed by atoms with Crippen LogP contribution in [0.15, 0.2) is 48.5 Å². The van der Waals surface area contributed by atoms with Crippen molar-refractivity contribution in [2.45, 2.75) is 76.4 Å². The lowest BCUT2D eigenvalue weighted by molar-refractivity contribution is -0.142. The monoisotopic (exact) mass is 914 g/mol. The zero-order chi connectivity index (χ0) is 46.6. The van der Waals surface area contributed by atoms with Crippen LogP contribution in [0.2, 0.25) is 0 Å². The molecule has 23 heteroatoms. The molecule has 4 aromatic heterocycles. The molecule has 10 heterocycles. The summed E-state index contributed by atoms with van der Waals surface area (Å²) in [6, 6.07) is 13.6. The maximum atomic E-state index is 13.2. The van der Waals surface area contributed by atoms with E-state index in [1.807, 2.05) is 33.8 Å². The first-order chi connectivity index (χ1) is 31.7. The number of carbonyl (C=O) groups is 3. The molecule has 4 fully saturated rings. The number of nitrogens with one attached hydrogen (secondary N) is 2. The van der Waals surface area contributed by atoms with Crippen LogP contribution in [0.4, 0.5) is 39.4 Å². The van der Waals surface area contributed by atoms with Gasteiger partial charge in [-0.1, -0.05) is 0 Å². The van der Waals surface area contributed by atoms with Crippen LogP contribution in [0.1, 0.15) is 61.5 Å². The molecule has 4 aromatic rings. The number of hydrogen-bond acceptors (Lipinski definition) is 21. The highest BCUT2D eigenvalue weighted by molar-refractivity contribution is 6.04. The average Bonchev–Trinajstić information content (AvgIpc) is 4.10. The van der Waals surface area contributed by atoms with Crippen LogP contribution in [-0.2, 0) is 28.4 Å². The Balaban J connectivity index is 0.000000153. The van der Waals surface area contributed by atoms with E-state index in [0.29, 0.717) is 61.5 Å². The Morgan fingerprint density at radius 1 is 0.742 bits per heavy atom. The minimum Gasteiger partial charge on any atom is -0.474 e. The maximum absolute atomic E-state index is 13.2. The Hall–Kier alpha value is -6.69. The molecule has 0 aliphatic carbocycles. The molecule has 4 bridgehead atoms. The first-order valence-electron chi connectivity index (χ1n) is 21.5. The van der Waals surface area contributed by atoms with Gasteiger partial charge in [0, 0.05) is 44.4 Å². The van der Waals surface area contributed by atoms with Gasteiger partial charge in [0.05, 0.1) is 44.8 Å². The van der Waals surface area contributed by atoms with Crippen molar-refractivity contribution in [1.29, 1.82) is 0 Å². The van der Waals surface area contributed by atoms with Crippen molar-refractivity contribution in [1.82, 2.24) is 30.4 Å². The van der Waals surface area contributed by atoms with Gasteiger partial charge in [0.25, 0.3) is 0 Å². The summed E-state index contributed by atoms with van der Waals surface area (Å²) in [5, 5.41) is 21.7. The van der Waals surface area contributed by atoms with Gasteiger partial charge in [0.15, 0.2) is 40.4 Å². The second-order valence-corrected chi connectivity index (χ2v) is 16.9. The standard InChI is InChI=1S/C22H26N6O6.C11H13N3O2.C10H15N3O3/c1-22(2)33-12-14(34-22)11-32-18-7-6-17(25-26-18)24-21(30)28-13-8-9-27(10-13)16-5-4-15(20(29)31-3)23-19(16)28;1-16-11(15)8-2-3-9-10(13-8)12-7-4-5-14(9)6-7;1-10(2)15-6-7(16-10)5-14-9-4-3-8(11)12-13-9/h4-7,13-14H,8-12H2,1-3H3,(H,24,25,30);2-3,7H,4-6H2,1H3,(H,12,13);3-4,7H,5-6H2,1-2H3,(H2,11,12)/t13-,14+;2*7-/m001/s1. The number of pyridine rings is 2. The summed E-state index contributed by atoms with van der Waals surface area (Å²) in [7, 11) is 2.66. The van der Waals surface area contributed by atoms with Crippen molar-refractivity contribution < 1.29 is 52.3 Å². The molecule has 4 saturated heterocycles. The molecule has 4 atom stereocenters. The molecule has 6 aliphatic rings. The van der Waals surface area contributed by atoms with Crippen LogP contribution in [0, 0.1) is 0 Å². The van der Waals surface area contributed by atoms with Crippen molar-refractivity contribution in [2.24, 2.45) is 0 Å². The fourth-order valence-corrected chi connectivity index (χ4v) is 8.10. The number of amides is 2. The highest BCUT2D eigenvalue weighted by Crippen LogP contribution is 2.39. The second kappa shape index (κ2) is 19.4. The molecule has 0 spiro atoms. The van der Waals surface area contributed by atoms with E-state index in [9.17, 15) is 14.4 Å². The largest absolute Gasteiger partial charge is 0.474 e. The first-order valence-corrected chi connectivity index (χ1v) is 21.5. The van der Waals surface area contributed by atoms with Crippen LogP contribution in [0.25, 0.3) is 0 Å². The number of carbonyl (C=O) groups excluding carboxylic acids is 3. The van der Waals surface area contributed by atoms with E-state index in [1.54, 1.807) is 47.4 Å². The van der Waals surface area contributed by atoms with Crippen molar-refractivity contribution >= 4 is 52.6 Å². The Kier molecular flexibility index (Phi) is 13.5. The molecule has 352 valence electrons. The molecule has 6 aliphatic heterocycles. The number of nitrogens with two attached hydrogens (primary N) is 1. The lowest BCUT2D eigenvalue weighted by Crippen LogP contribution is -2.48. The quantitative estimate of drug-likeness (QED) is 0.203. The predicted molar refractivity (Wildman–Crippen MR) is 237 cm³/mol. The van der Waals surface area contributed by atoms with Gasteiger partial charge in [-0.05, 0) is 76.9 Å². The molecule has 66 heavy (non-hydrogen) atoms. The van der Waals surface area contributed by atoms with E-state index in [1.165, 1.54) is 14.2 Å². The molecule has 0 saturated carbocycles. The smallest absolute Gasteiger partial charge is 0.356 e. The summed E-state index contributed by atoms with van der Waals surface area (Å²) in [6.07, 6.45) is 1.65. The number of rotatable bonds is 9. The predicted octanol–water partition coefficient (Wildman–Crippen LogP) is 3.28. The summed E-state index contributed by atoms with van der Waals surface area (Å²) in [5.74, 6) is 0.505. The van der Waals surface area contributed by atoms with Gasteiger partial charge < -0.3 is 58.7 Å². The van der Waals surface area contributed by atoms with Gasteiger partial charge in [-0.3, -0.25) is 10.2 Å². The van der Waals surface area contributed by atoms with Crippen molar-refractivity contribution in [2.75, 3.05) is 97.9 Å². The van der Waals surface area contributed by atoms with E-state index < -0.39 is 29.5 Å². The number of ether oxygens (including phenoxy) is 8. The van der Waals surface area contributed by atoms with Crippen LogP contribution >= 0.6 is 0 Å². The van der Waals surface area contributed by atoms with Gasteiger partial charge >= 0.3 is 18.0 Å².